The molecule has 0 spiro atoms. The van der Waals surface area contributed by atoms with Crippen LogP contribution < -0.4 is 0 Å². The molecule has 170 valence electrons. The zero-order valence-electron chi connectivity index (χ0n) is 18.5. The molecule has 34 heavy (non-hydrogen) atoms. The molecule has 0 radical (unpaired) electrons. The number of morpholine rings is 1. The summed E-state index contributed by atoms with van der Waals surface area (Å²) in [5.74, 6) is -2.12. The van der Waals surface area contributed by atoms with Crippen molar-refractivity contribution in [2.24, 2.45) is 0 Å². The largest absolute Gasteiger partial charge is 0.462 e. The van der Waals surface area contributed by atoms with Gasteiger partial charge in [-0.3, -0.25) is 19.3 Å². The van der Waals surface area contributed by atoms with Crippen LogP contribution in [0, 0.1) is 6.92 Å². The number of carbonyl (C=O) groups excluding carboxylic acids is 4. The Hall–Kier alpha value is -4.26. The number of esters is 1. The summed E-state index contributed by atoms with van der Waals surface area (Å²) in [6, 6.07) is 23.3. The Morgan fingerprint density at radius 2 is 1.24 bits per heavy atom. The molecular formula is C27H22N2O5. The molecule has 0 aromatic heterocycles. The number of aryl methyl sites for hydroxylation is 1. The minimum absolute atomic E-state index is 0.0555. The van der Waals surface area contributed by atoms with Crippen LogP contribution in [0.3, 0.4) is 0 Å². The number of hydrogen-bond acceptors (Lipinski definition) is 5. The van der Waals surface area contributed by atoms with Crippen molar-refractivity contribution in [1.29, 1.82) is 0 Å². The average molecular weight is 454 g/mol. The molecule has 6 rings (SSSR count). The predicted octanol–water partition coefficient (Wildman–Crippen LogP) is 3.16. The molecule has 0 unspecified atom stereocenters. The van der Waals surface area contributed by atoms with Crippen LogP contribution in [0.4, 0.5) is 0 Å². The van der Waals surface area contributed by atoms with E-state index in [-0.39, 0.29) is 17.7 Å². The van der Waals surface area contributed by atoms with Gasteiger partial charge in [0.15, 0.2) is 12.1 Å². The second kappa shape index (κ2) is 8.59. The molecule has 3 aliphatic heterocycles. The van der Waals surface area contributed by atoms with Crippen LogP contribution in [0.15, 0.2) is 84.9 Å². The third kappa shape index (κ3) is 3.46. The lowest BCUT2D eigenvalue weighted by Crippen LogP contribution is -2.76. The van der Waals surface area contributed by atoms with E-state index in [1.165, 1.54) is 10.5 Å². The SMILES string of the molecule is Cc1ccccc1.O=C1OC[C@H](c2ccccc2)N2C(=O)[C@@H](N3C(=O)c4ccccc4C3=O)[C@@H]12. The molecule has 2 saturated heterocycles. The molecule has 0 saturated carbocycles. The van der Waals surface area contributed by atoms with E-state index in [2.05, 4.69) is 19.1 Å². The van der Waals surface area contributed by atoms with Gasteiger partial charge in [0.05, 0.1) is 17.2 Å². The zero-order chi connectivity index (χ0) is 23.8. The average Bonchev–Trinajstić information content (AvgIpc) is 3.11. The van der Waals surface area contributed by atoms with E-state index in [4.69, 9.17) is 4.74 Å². The Kier molecular flexibility index (Phi) is 5.45. The van der Waals surface area contributed by atoms with E-state index >= 15 is 0 Å². The molecule has 0 N–H and O–H groups in total. The van der Waals surface area contributed by atoms with Crippen molar-refractivity contribution in [2.75, 3.05) is 6.61 Å². The number of carbonyl (C=O) groups is 4. The lowest BCUT2D eigenvalue weighted by atomic mass is 9.87. The van der Waals surface area contributed by atoms with E-state index < -0.39 is 41.8 Å². The van der Waals surface area contributed by atoms with Gasteiger partial charge in [-0.05, 0) is 24.6 Å². The Morgan fingerprint density at radius 1 is 0.706 bits per heavy atom. The lowest BCUT2D eigenvalue weighted by Gasteiger charge is -2.53. The quantitative estimate of drug-likeness (QED) is 0.337. The highest BCUT2D eigenvalue weighted by atomic mass is 16.5. The maximum atomic E-state index is 12.9. The van der Waals surface area contributed by atoms with Crippen LogP contribution in [0.2, 0.25) is 0 Å². The molecule has 3 aliphatic rings. The van der Waals surface area contributed by atoms with Gasteiger partial charge in [0.1, 0.15) is 6.61 Å². The van der Waals surface area contributed by atoms with E-state index in [0.717, 1.165) is 10.5 Å². The Balaban J connectivity index is 0.000000297. The number of β-lactam (4-membered cyclic amide) rings is 1. The van der Waals surface area contributed by atoms with Crippen molar-refractivity contribution in [3.05, 3.63) is 107 Å². The number of cyclic esters (lactones) is 1. The van der Waals surface area contributed by atoms with Crippen molar-refractivity contribution in [3.8, 4) is 0 Å². The Morgan fingerprint density at radius 3 is 1.76 bits per heavy atom. The smallest absolute Gasteiger partial charge is 0.331 e. The van der Waals surface area contributed by atoms with Gasteiger partial charge in [-0.15, -0.1) is 0 Å². The maximum absolute atomic E-state index is 12.9. The summed E-state index contributed by atoms with van der Waals surface area (Å²) in [6.07, 6.45) is 0. The van der Waals surface area contributed by atoms with Crippen LogP contribution in [0.1, 0.15) is 37.9 Å². The minimum Gasteiger partial charge on any atom is -0.462 e. The molecule has 0 bridgehead atoms. The summed E-state index contributed by atoms with van der Waals surface area (Å²) < 4.78 is 5.28. The number of benzene rings is 3. The summed E-state index contributed by atoms with van der Waals surface area (Å²) in [4.78, 5) is 53.0. The fourth-order valence-corrected chi connectivity index (χ4v) is 4.59. The Bertz CT molecular complexity index is 1240. The number of ether oxygens (including phenoxy) is 1. The van der Waals surface area contributed by atoms with E-state index in [1.54, 1.807) is 24.3 Å². The molecular weight excluding hydrogens is 432 g/mol. The van der Waals surface area contributed by atoms with Crippen LogP contribution in [0.25, 0.3) is 0 Å². The van der Waals surface area contributed by atoms with Gasteiger partial charge in [0, 0.05) is 0 Å². The first-order valence-electron chi connectivity index (χ1n) is 11.0. The predicted molar refractivity (Wildman–Crippen MR) is 123 cm³/mol. The normalized spacial score (nSPS) is 22.8. The van der Waals surface area contributed by atoms with Crippen molar-refractivity contribution >= 4 is 23.7 Å². The Labute approximate surface area is 196 Å². The molecule has 2 fully saturated rings. The summed E-state index contributed by atoms with van der Waals surface area (Å²) in [7, 11) is 0. The first-order valence-corrected chi connectivity index (χ1v) is 11.0. The van der Waals surface area contributed by atoms with Gasteiger partial charge in [0.25, 0.3) is 11.8 Å². The van der Waals surface area contributed by atoms with Crippen molar-refractivity contribution < 1.29 is 23.9 Å². The standard InChI is InChI=1S/C20H14N2O5.C7H8/c23-17-12-8-4-5-9-13(12)18(24)22(17)15-16-20(26)27-10-14(21(16)19(15)25)11-6-2-1-3-7-11;1-7-5-3-2-4-6-7/h1-9,14-16H,10H2;2-6H,1H3/t14-,15+,16+;/m1./s1. The highest BCUT2D eigenvalue weighted by Crippen LogP contribution is 2.41. The third-order valence-corrected chi connectivity index (χ3v) is 6.30. The molecule has 7 nitrogen and oxygen atoms in total. The monoisotopic (exact) mass is 454 g/mol. The summed E-state index contributed by atoms with van der Waals surface area (Å²) in [5, 5.41) is 0. The van der Waals surface area contributed by atoms with E-state index in [1.807, 2.05) is 48.5 Å². The first kappa shape index (κ1) is 21.6. The summed E-state index contributed by atoms with van der Waals surface area (Å²) >= 11 is 0. The fraction of sp³-hybridized carbons (Fsp3) is 0.185. The van der Waals surface area contributed by atoms with Gasteiger partial charge < -0.3 is 9.64 Å². The topological polar surface area (TPSA) is 84.0 Å². The zero-order valence-corrected chi connectivity index (χ0v) is 18.5. The number of nitrogens with zero attached hydrogens (tertiary/aromatic N) is 2. The van der Waals surface area contributed by atoms with Gasteiger partial charge >= 0.3 is 5.97 Å². The minimum atomic E-state index is -1.16. The first-order chi connectivity index (χ1) is 16.5. The van der Waals surface area contributed by atoms with Gasteiger partial charge in [-0.1, -0.05) is 78.4 Å². The van der Waals surface area contributed by atoms with Gasteiger partial charge in [-0.2, -0.15) is 0 Å². The molecule has 7 heteroatoms. The van der Waals surface area contributed by atoms with Crippen LogP contribution >= 0.6 is 0 Å². The van der Waals surface area contributed by atoms with E-state index in [9.17, 15) is 19.2 Å². The molecule has 3 amide bonds. The van der Waals surface area contributed by atoms with Gasteiger partial charge in [-0.25, -0.2) is 4.79 Å². The van der Waals surface area contributed by atoms with Crippen LogP contribution in [0.5, 0.6) is 0 Å². The van der Waals surface area contributed by atoms with Crippen LogP contribution in [-0.4, -0.2) is 52.2 Å². The molecule has 3 aromatic carbocycles. The van der Waals surface area contributed by atoms with Gasteiger partial charge in [0.2, 0.25) is 5.91 Å². The van der Waals surface area contributed by atoms with Crippen molar-refractivity contribution in [1.82, 2.24) is 9.80 Å². The third-order valence-electron chi connectivity index (χ3n) is 6.30. The number of hydrogen-bond donors (Lipinski definition) is 0. The molecule has 3 aromatic rings. The molecule has 3 heterocycles. The summed E-state index contributed by atoms with van der Waals surface area (Å²) in [5.41, 5.74) is 2.65. The fourth-order valence-electron chi connectivity index (χ4n) is 4.59. The summed E-state index contributed by atoms with van der Waals surface area (Å²) in [6.45, 7) is 2.14. The number of amides is 3. The highest BCUT2D eigenvalue weighted by molar-refractivity contribution is 6.24. The second-order valence-corrected chi connectivity index (χ2v) is 8.37. The van der Waals surface area contributed by atoms with Crippen molar-refractivity contribution in [2.45, 2.75) is 25.0 Å². The highest BCUT2D eigenvalue weighted by Gasteiger charge is 2.63. The van der Waals surface area contributed by atoms with E-state index in [0.29, 0.717) is 0 Å². The molecule has 3 atom stereocenters. The maximum Gasteiger partial charge on any atom is 0.331 e. The number of fused-ring (bicyclic) bond motifs is 2. The second-order valence-electron chi connectivity index (χ2n) is 8.37. The van der Waals surface area contributed by atoms with Crippen molar-refractivity contribution in [3.63, 3.8) is 0 Å². The number of imide groups is 1. The van der Waals surface area contributed by atoms with Crippen LogP contribution in [-0.2, 0) is 14.3 Å². The molecule has 0 aliphatic carbocycles. The lowest BCUT2D eigenvalue weighted by molar-refractivity contribution is -0.191. The number of rotatable bonds is 2.